The Morgan fingerprint density at radius 2 is 2.14 bits per heavy atom. The molecule has 0 aliphatic carbocycles. The summed E-state index contributed by atoms with van der Waals surface area (Å²) in [5.41, 5.74) is 1.04. The molecule has 1 rings (SSSR count). The molecule has 2 nitrogen and oxygen atoms in total. The van der Waals surface area contributed by atoms with Crippen LogP contribution in [0.1, 0.15) is 18.4 Å². The predicted molar refractivity (Wildman–Crippen MR) is 58.0 cm³/mol. The summed E-state index contributed by atoms with van der Waals surface area (Å²) in [5.74, 6) is 0.868. The second kappa shape index (κ2) is 5.89. The molecular formula is C11H15ClO2. The highest BCUT2D eigenvalue weighted by atomic mass is 35.5. The summed E-state index contributed by atoms with van der Waals surface area (Å²) in [6, 6.07) is 5.56. The van der Waals surface area contributed by atoms with Crippen LogP contribution in [0.2, 0.25) is 5.02 Å². The Morgan fingerprint density at radius 1 is 1.36 bits per heavy atom. The minimum Gasteiger partial charge on any atom is -0.493 e. The first-order valence-corrected chi connectivity index (χ1v) is 5.11. The van der Waals surface area contributed by atoms with Crippen molar-refractivity contribution < 1.29 is 9.84 Å². The van der Waals surface area contributed by atoms with E-state index in [9.17, 15) is 0 Å². The lowest BCUT2D eigenvalue weighted by Gasteiger charge is -2.08. The molecule has 1 aromatic rings. The highest BCUT2D eigenvalue weighted by molar-refractivity contribution is 6.30. The SMILES string of the molecule is Cc1cc(Cl)ccc1OCCCCO. The van der Waals surface area contributed by atoms with Gasteiger partial charge < -0.3 is 9.84 Å². The van der Waals surface area contributed by atoms with E-state index in [4.69, 9.17) is 21.4 Å². The number of halogens is 1. The quantitative estimate of drug-likeness (QED) is 0.764. The van der Waals surface area contributed by atoms with Crippen LogP contribution >= 0.6 is 11.6 Å². The molecule has 1 N–H and O–H groups in total. The van der Waals surface area contributed by atoms with E-state index in [0.29, 0.717) is 6.61 Å². The average Bonchev–Trinajstić information content (AvgIpc) is 2.15. The lowest BCUT2D eigenvalue weighted by Crippen LogP contribution is -1.99. The highest BCUT2D eigenvalue weighted by Crippen LogP contribution is 2.21. The van der Waals surface area contributed by atoms with Gasteiger partial charge in [0, 0.05) is 11.6 Å². The Morgan fingerprint density at radius 3 is 2.79 bits per heavy atom. The van der Waals surface area contributed by atoms with Gasteiger partial charge in [-0.25, -0.2) is 0 Å². The molecule has 1 aromatic carbocycles. The molecule has 0 fully saturated rings. The molecule has 0 saturated heterocycles. The molecule has 0 spiro atoms. The summed E-state index contributed by atoms with van der Waals surface area (Å²) in [6.45, 7) is 2.83. The molecule has 0 unspecified atom stereocenters. The topological polar surface area (TPSA) is 29.5 Å². The minimum absolute atomic E-state index is 0.225. The van der Waals surface area contributed by atoms with Gasteiger partial charge in [0.05, 0.1) is 6.61 Å². The molecule has 14 heavy (non-hydrogen) atoms. The van der Waals surface area contributed by atoms with Crippen LogP contribution in [0.4, 0.5) is 0 Å². The van der Waals surface area contributed by atoms with Gasteiger partial charge in [-0.05, 0) is 43.5 Å². The van der Waals surface area contributed by atoms with Crippen molar-refractivity contribution >= 4 is 11.6 Å². The Balaban J connectivity index is 2.42. The second-order valence-electron chi connectivity index (χ2n) is 3.19. The summed E-state index contributed by atoms with van der Waals surface area (Å²) in [6.07, 6.45) is 1.66. The van der Waals surface area contributed by atoms with Crippen LogP contribution in [0, 0.1) is 6.92 Å². The Labute approximate surface area is 89.5 Å². The van der Waals surface area contributed by atoms with E-state index in [0.717, 1.165) is 29.2 Å². The molecule has 0 heterocycles. The van der Waals surface area contributed by atoms with E-state index in [1.165, 1.54) is 0 Å². The van der Waals surface area contributed by atoms with Crippen LogP contribution in [-0.2, 0) is 0 Å². The lowest BCUT2D eigenvalue weighted by atomic mass is 10.2. The van der Waals surface area contributed by atoms with Crippen molar-refractivity contribution in [1.82, 2.24) is 0 Å². The molecule has 0 atom stereocenters. The third kappa shape index (κ3) is 3.56. The fourth-order valence-corrected chi connectivity index (χ4v) is 1.40. The largest absolute Gasteiger partial charge is 0.493 e. The van der Waals surface area contributed by atoms with Gasteiger partial charge in [0.2, 0.25) is 0 Å². The fraction of sp³-hybridized carbons (Fsp3) is 0.455. The Kier molecular flexibility index (Phi) is 4.77. The van der Waals surface area contributed by atoms with Crippen LogP contribution in [0.3, 0.4) is 0 Å². The highest BCUT2D eigenvalue weighted by Gasteiger charge is 1.99. The van der Waals surface area contributed by atoms with Crippen molar-refractivity contribution in [3.05, 3.63) is 28.8 Å². The molecular weight excluding hydrogens is 200 g/mol. The number of benzene rings is 1. The predicted octanol–water partition coefficient (Wildman–Crippen LogP) is 2.80. The number of ether oxygens (including phenoxy) is 1. The Bertz CT molecular complexity index is 287. The molecule has 0 aromatic heterocycles. The third-order valence-electron chi connectivity index (χ3n) is 1.95. The normalized spacial score (nSPS) is 10.2. The molecule has 0 bridgehead atoms. The standard InChI is InChI=1S/C11H15ClO2/c1-9-8-10(12)4-5-11(9)14-7-3-2-6-13/h4-5,8,13H,2-3,6-7H2,1H3. The molecule has 0 amide bonds. The number of aliphatic hydroxyl groups excluding tert-OH is 1. The summed E-state index contributed by atoms with van der Waals surface area (Å²) >= 11 is 5.81. The fourth-order valence-electron chi connectivity index (χ4n) is 1.17. The van der Waals surface area contributed by atoms with Crippen molar-refractivity contribution in [2.45, 2.75) is 19.8 Å². The lowest BCUT2D eigenvalue weighted by molar-refractivity contribution is 0.252. The first-order valence-electron chi connectivity index (χ1n) is 4.74. The number of hydrogen-bond donors (Lipinski definition) is 1. The molecule has 0 saturated carbocycles. The van der Waals surface area contributed by atoms with Crippen molar-refractivity contribution in [2.75, 3.05) is 13.2 Å². The maximum atomic E-state index is 8.58. The number of rotatable bonds is 5. The van der Waals surface area contributed by atoms with Gasteiger partial charge in [-0.3, -0.25) is 0 Å². The van der Waals surface area contributed by atoms with Gasteiger partial charge in [0.1, 0.15) is 5.75 Å². The summed E-state index contributed by atoms with van der Waals surface area (Å²) in [5, 5.41) is 9.31. The van der Waals surface area contributed by atoms with Crippen LogP contribution in [0.25, 0.3) is 0 Å². The summed E-state index contributed by atoms with van der Waals surface area (Å²) in [7, 11) is 0. The van der Waals surface area contributed by atoms with Crippen LogP contribution < -0.4 is 4.74 Å². The van der Waals surface area contributed by atoms with E-state index in [1.54, 1.807) is 0 Å². The molecule has 0 aliphatic rings. The monoisotopic (exact) mass is 214 g/mol. The van der Waals surface area contributed by atoms with Crippen LogP contribution in [-0.4, -0.2) is 18.3 Å². The molecule has 0 radical (unpaired) electrons. The average molecular weight is 215 g/mol. The number of aryl methyl sites for hydroxylation is 1. The zero-order valence-electron chi connectivity index (χ0n) is 8.29. The third-order valence-corrected chi connectivity index (χ3v) is 2.18. The van der Waals surface area contributed by atoms with E-state index in [1.807, 2.05) is 25.1 Å². The Hall–Kier alpha value is -0.730. The van der Waals surface area contributed by atoms with Gasteiger partial charge in [-0.15, -0.1) is 0 Å². The van der Waals surface area contributed by atoms with E-state index < -0.39 is 0 Å². The molecule has 0 aliphatic heterocycles. The van der Waals surface area contributed by atoms with E-state index in [-0.39, 0.29) is 6.61 Å². The van der Waals surface area contributed by atoms with Crippen LogP contribution in [0.5, 0.6) is 5.75 Å². The van der Waals surface area contributed by atoms with Gasteiger partial charge in [-0.1, -0.05) is 11.6 Å². The minimum atomic E-state index is 0.225. The first kappa shape index (κ1) is 11.3. The summed E-state index contributed by atoms with van der Waals surface area (Å²) < 4.78 is 5.52. The van der Waals surface area contributed by atoms with Crippen molar-refractivity contribution in [1.29, 1.82) is 0 Å². The van der Waals surface area contributed by atoms with Gasteiger partial charge in [0.25, 0.3) is 0 Å². The van der Waals surface area contributed by atoms with E-state index in [2.05, 4.69) is 0 Å². The molecule has 3 heteroatoms. The second-order valence-corrected chi connectivity index (χ2v) is 3.63. The summed E-state index contributed by atoms with van der Waals surface area (Å²) in [4.78, 5) is 0. The van der Waals surface area contributed by atoms with E-state index >= 15 is 0 Å². The van der Waals surface area contributed by atoms with Crippen molar-refractivity contribution in [3.63, 3.8) is 0 Å². The maximum absolute atomic E-state index is 8.58. The number of hydrogen-bond acceptors (Lipinski definition) is 2. The zero-order chi connectivity index (χ0) is 10.4. The zero-order valence-corrected chi connectivity index (χ0v) is 9.05. The number of aliphatic hydroxyl groups is 1. The smallest absolute Gasteiger partial charge is 0.122 e. The maximum Gasteiger partial charge on any atom is 0.122 e. The van der Waals surface area contributed by atoms with Gasteiger partial charge in [-0.2, -0.15) is 0 Å². The van der Waals surface area contributed by atoms with Crippen molar-refractivity contribution in [3.8, 4) is 5.75 Å². The van der Waals surface area contributed by atoms with Crippen LogP contribution in [0.15, 0.2) is 18.2 Å². The first-order chi connectivity index (χ1) is 6.74. The van der Waals surface area contributed by atoms with Gasteiger partial charge >= 0.3 is 0 Å². The molecule has 78 valence electrons. The van der Waals surface area contributed by atoms with Crippen molar-refractivity contribution in [2.24, 2.45) is 0 Å². The number of unbranched alkanes of at least 4 members (excludes halogenated alkanes) is 1. The van der Waals surface area contributed by atoms with Gasteiger partial charge in [0.15, 0.2) is 0 Å².